The first-order valence-electron chi connectivity index (χ1n) is 3.56. The summed E-state index contributed by atoms with van der Waals surface area (Å²) in [5.41, 5.74) is 0.513. The Labute approximate surface area is 82.9 Å². The molecule has 1 aromatic carbocycles. The van der Waals surface area contributed by atoms with Crippen LogP contribution in [0.2, 0.25) is 0 Å². The lowest BCUT2D eigenvalue weighted by molar-refractivity contribution is -0.275. The van der Waals surface area contributed by atoms with Crippen molar-refractivity contribution in [1.29, 1.82) is 0 Å². The molecule has 0 bridgehead atoms. The summed E-state index contributed by atoms with van der Waals surface area (Å²) in [5.74, 6) is -1.10. The highest BCUT2D eigenvalue weighted by atomic mass is 35.5. The Hall–Kier alpha value is -1.10. The van der Waals surface area contributed by atoms with E-state index in [-0.39, 0.29) is 5.88 Å². The van der Waals surface area contributed by atoms with Gasteiger partial charge in [0.1, 0.15) is 0 Å². The fraction of sp³-hybridized carbons (Fsp3) is 0.250. The van der Waals surface area contributed by atoms with E-state index in [9.17, 15) is 13.2 Å². The number of halogens is 4. The van der Waals surface area contributed by atoms with Crippen LogP contribution in [-0.2, 0) is 5.88 Å². The molecule has 14 heavy (non-hydrogen) atoms. The first-order chi connectivity index (χ1) is 6.42. The van der Waals surface area contributed by atoms with E-state index in [1.54, 1.807) is 0 Å². The van der Waals surface area contributed by atoms with Crippen LogP contribution in [0.15, 0.2) is 18.2 Å². The van der Waals surface area contributed by atoms with Crippen LogP contribution in [-0.4, -0.2) is 11.5 Å². The number of rotatable bonds is 2. The maximum atomic E-state index is 11.7. The minimum Gasteiger partial charge on any atom is -0.504 e. The van der Waals surface area contributed by atoms with Crippen LogP contribution in [0, 0.1) is 0 Å². The molecular formula is C8H6ClF3O2. The SMILES string of the molecule is Oc1cc(CCl)ccc1OC(F)(F)F. The second kappa shape index (κ2) is 3.96. The molecule has 0 radical (unpaired) electrons. The van der Waals surface area contributed by atoms with E-state index in [4.69, 9.17) is 16.7 Å². The minimum atomic E-state index is -4.81. The third-order valence-corrected chi connectivity index (χ3v) is 1.71. The molecule has 0 atom stereocenters. The van der Waals surface area contributed by atoms with Crippen molar-refractivity contribution in [2.24, 2.45) is 0 Å². The zero-order valence-corrected chi connectivity index (χ0v) is 7.56. The van der Waals surface area contributed by atoms with E-state index in [2.05, 4.69) is 4.74 Å². The smallest absolute Gasteiger partial charge is 0.504 e. The lowest BCUT2D eigenvalue weighted by Gasteiger charge is -2.10. The predicted molar refractivity (Wildman–Crippen MR) is 44.3 cm³/mol. The molecule has 0 saturated carbocycles. The third kappa shape index (κ3) is 2.99. The molecule has 0 aromatic heterocycles. The summed E-state index contributed by atoms with van der Waals surface area (Å²) in [4.78, 5) is 0. The monoisotopic (exact) mass is 226 g/mol. The van der Waals surface area contributed by atoms with Crippen LogP contribution >= 0.6 is 11.6 Å². The summed E-state index contributed by atoms with van der Waals surface area (Å²) >= 11 is 5.41. The summed E-state index contributed by atoms with van der Waals surface area (Å²) in [7, 11) is 0. The van der Waals surface area contributed by atoms with Gasteiger partial charge in [-0.2, -0.15) is 0 Å². The van der Waals surface area contributed by atoms with E-state index in [0.717, 1.165) is 12.1 Å². The summed E-state index contributed by atoms with van der Waals surface area (Å²) in [6, 6.07) is 3.47. The van der Waals surface area contributed by atoms with Crippen molar-refractivity contribution in [2.75, 3.05) is 0 Å². The van der Waals surface area contributed by atoms with Gasteiger partial charge in [0.15, 0.2) is 11.5 Å². The van der Waals surface area contributed by atoms with Gasteiger partial charge in [0.05, 0.1) is 0 Å². The molecule has 0 unspecified atom stereocenters. The number of hydrogen-bond donors (Lipinski definition) is 1. The fourth-order valence-electron chi connectivity index (χ4n) is 0.857. The van der Waals surface area contributed by atoms with Crippen LogP contribution in [0.3, 0.4) is 0 Å². The molecule has 6 heteroatoms. The quantitative estimate of drug-likeness (QED) is 0.786. The van der Waals surface area contributed by atoms with E-state index in [0.29, 0.717) is 5.56 Å². The molecule has 0 spiro atoms. The van der Waals surface area contributed by atoms with Crippen LogP contribution in [0.5, 0.6) is 11.5 Å². The van der Waals surface area contributed by atoms with E-state index in [1.165, 1.54) is 6.07 Å². The molecule has 0 aliphatic carbocycles. The summed E-state index contributed by atoms with van der Waals surface area (Å²) in [5, 5.41) is 9.10. The first-order valence-corrected chi connectivity index (χ1v) is 4.09. The highest BCUT2D eigenvalue weighted by Gasteiger charge is 2.32. The Morgan fingerprint density at radius 3 is 2.43 bits per heavy atom. The van der Waals surface area contributed by atoms with Crippen LogP contribution in [0.1, 0.15) is 5.56 Å². The number of phenols is 1. The van der Waals surface area contributed by atoms with E-state index < -0.39 is 17.9 Å². The van der Waals surface area contributed by atoms with Crippen molar-refractivity contribution >= 4 is 11.6 Å². The lowest BCUT2D eigenvalue weighted by Crippen LogP contribution is -2.17. The summed E-state index contributed by atoms with van der Waals surface area (Å²) in [6.07, 6.45) is -4.81. The Bertz CT molecular complexity index is 325. The molecule has 1 N–H and O–H groups in total. The Kier molecular flexibility index (Phi) is 3.10. The van der Waals surface area contributed by atoms with Crippen molar-refractivity contribution in [2.45, 2.75) is 12.2 Å². The van der Waals surface area contributed by atoms with Gasteiger partial charge in [-0.1, -0.05) is 6.07 Å². The maximum Gasteiger partial charge on any atom is 0.573 e. The largest absolute Gasteiger partial charge is 0.573 e. The molecule has 0 fully saturated rings. The Morgan fingerprint density at radius 1 is 1.36 bits per heavy atom. The van der Waals surface area contributed by atoms with Gasteiger partial charge in [-0.3, -0.25) is 0 Å². The topological polar surface area (TPSA) is 29.5 Å². The molecule has 0 heterocycles. The van der Waals surface area contributed by atoms with Gasteiger partial charge in [-0.15, -0.1) is 24.8 Å². The Balaban J connectivity index is 2.89. The van der Waals surface area contributed by atoms with Crippen LogP contribution in [0.25, 0.3) is 0 Å². The molecule has 0 saturated heterocycles. The van der Waals surface area contributed by atoms with Crippen molar-refractivity contribution in [3.05, 3.63) is 23.8 Å². The maximum absolute atomic E-state index is 11.7. The molecule has 0 amide bonds. The highest BCUT2D eigenvalue weighted by Crippen LogP contribution is 2.32. The Morgan fingerprint density at radius 2 is 2.00 bits per heavy atom. The average molecular weight is 227 g/mol. The van der Waals surface area contributed by atoms with Gasteiger partial charge >= 0.3 is 6.36 Å². The van der Waals surface area contributed by atoms with Crippen molar-refractivity contribution in [3.8, 4) is 11.5 Å². The molecule has 78 valence electrons. The molecule has 1 aromatic rings. The average Bonchev–Trinajstić information content (AvgIpc) is 2.06. The molecule has 0 aliphatic rings. The standard InChI is InChI=1S/C8H6ClF3O2/c9-4-5-1-2-7(6(13)3-5)14-8(10,11)12/h1-3,13H,4H2. The third-order valence-electron chi connectivity index (χ3n) is 1.40. The normalized spacial score (nSPS) is 11.4. The number of phenolic OH excluding ortho intramolecular Hbond substituents is 1. The van der Waals surface area contributed by atoms with Gasteiger partial charge in [-0.25, -0.2) is 0 Å². The number of ether oxygens (including phenoxy) is 1. The van der Waals surface area contributed by atoms with Gasteiger partial charge < -0.3 is 9.84 Å². The minimum absolute atomic E-state index is 0.111. The predicted octanol–water partition coefficient (Wildman–Crippen LogP) is 3.03. The molecular weight excluding hydrogens is 221 g/mol. The number of aromatic hydroxyl groups is 1. The fourth-order valence-corrected chi connectivity index (χ4v) is 1.02. The zero-order chi connectivity index (χ0) is 10.8. The van der Waals surface area contributed by atoms with E-state index in [1.807, 2.05) is 0 Å². The zero-order valence-electron chi connectivity index (χ0n) is 6.81. The van der Waals surface area contributed by atoms with Crippen molar-refractivity contribution in [1.82, 2.24) is 0 Å². The highest BCUT2D eigenvalue weighted by molar-refractivity contribution is 6.17. The summed E-state index contributed by atoms with van der Waals surface area (Å²) in [6.45, 7) is 0. The van der Waals surface area contributed by atoms with Crippen LogP contribution < -0.4 is 4.74 Å². The number of hydrogen-bond acceptors (Lipinski definition) is 2. The van der Waals surface area contributed by atoms with Gasteiger partial charge in [-0.05, 0) is 17.7 Å². The summed E-state index contributed by atoms with van der Waals surface area (Å²) < 4.78 is 38.8. The van der Waals surface area contributed by atoms with Gasteiger partial charge in [0, 0.05) is 5.88 Å². The van der Waals surface area contributed by atoms with Crippen LogP contribution in [0.4, 0.5) is 13.2 Å². The van der Waals surface area contributed by atoms with Gasteiger partial charge in [0.25, 0.3) is 0 Å². The second-order valence-corrected chi connectivity index (χ2v) is 2.75. The van der Waals surface area contributed by atoms with E-state index >= 15 is 0 Å². The van der Waals surface area contributed by atoms with Crippen molar-refractivity contribution in [3.63, 3.8) is 0 Å². The lowest BCUT2D eigenvalue weighted by atomic mass is 10.2. The molecule has 0 aliphatic heterocycles. The number of alkyl halides is 4. The molecule has 1 rings (SSSR count). The first kappa shape index (κ1) is 11.0. The molecule has 2 nitrogen and oxygen atoms in total. The van der Waals surface area contributed by atoms with Gasteiger partial charge in [0.2, 0.25) is 0 Å². The van der Waals surface area contributed by atoms with Crippen molar-refractivity contribution < 1.29 is 23.0 Å². The number of benzene rings is 1. The second-order valence-electron chi connectivity index (χ2n) is 2.48.